The van der Waals surface area contributed by atoms with Crippen molar-refractivity contribution in [1.82, 2.24) is 0 Å². The first-order valence-electron chi connectivity index (χ1n) is 6.29. The lowest BCUT2D eigenvalue weighted by Gasteiger charge is -2.06. The second kappa shape index (κ2) is 6.57. The molecular formula is C17H16O3. The van der Waals surface area contributed by atoms with E-state index >= 15 is 0 Å². The van der Waals surface area contributed by atoms with E-state index in [0.717, 1.165) is 12.0 Å². The molecule has 0 aromatic heterocycles. The van der Waals surface area contributed by atoms with Gasteiger partial charge in [-0.15, -0.1) is 6.58 Å². The quantitative estimate of drug-likeness (QED) is 0.472. The lowest BCUT2D eigenvalue weighted by atomic mass is 10.1. The zero-order valence-corrected chi connectivity index (χ0v) is 11.3. The Labute approximate surface area is 118 Å². The fourth-order valence-electron chi connectivity index (χ4n) is 1.75. The first-order chi connectivity index (χ1) is 9.72. The maximum atomic E-state index is 11.9. The molecule has 0 aliphatic carbocycles. The topological polar surface area (TPSA) is 35.5 Å². The lowest BCUT2D eigenvalue weighted by molar-refractivity contribution is 0.0734. The van der Waals surface area contributed by atoms with Crippen LogP contribution in [0.1, 0.15) is 15.9 Å². The molecule has 3 nitrogen and oxygen atoms in total. The number of hydrogen-bond acceptors (Lipinski definition) is 3. The van der Waals surface area contributed by atoms with Crippen molar-refractivity contribution in [3.05, 3.63) is 72.3 Å². The third kappa shape index (κ3) is 3.48. The SMILES string of the molecule is C=CCc1ccc(OC(=O)c2ccc(OC)cc2)cc1. The van der Waals surface area contributed by atoms with Crippen LogP contribution >= 0.6 is 0 Å². The molecule has 0 saturated carbocycles. The number of methoxy groups -OCH3 is 1. The van der Waals surface area contributed by atoms with Gasteiger partial charge in [0.2, 0.25) is 0 Å². The maximum Gasteiger partial charge on any atom is 0.343 e. The Hall–Kier alpha value is -2.55. The Bertz CT molecular complexity index is 583. The van der Waals surface area contributed by atoms with E-state index in [1.54, 1.807) is 43.5 Å². The number of rotatable bonds is 5. The number of esters is 1. The lowest BCUT2D eigenvalue weighted by Crippen LogP contribution is -2.08. The summed E-state index contributed by atoms with van der Waals surface area (Å²) in [5.74, 6) is 0.845. The molecule has 0 bridgehead atoms. The average molecular weight is 268 g/mol. The number of ether oxygens (including phenoxy) is 2. The molecule has 0 N–H and O–H groups in total. The van der Waals surface area contributed by atoms with Crippen LogP contribution in [0.5, 0.6) is 11.5 Å². The van der Waals surface area contributed by atoms with Crippen molar-refractivity contribution in [3.8, 4) is 11.5 Å². The standard InChI is InChI=1S/C17H16O3/c1-3-4-13-5-9-16(10-6-13)20-17(18)14-7-11-15(19-2)12-8-14/h3,5-12H,1,4H2,2H3. The Morgan fingerprint density at radius 1 is 1.05 bits per heavy atom. The predicted octanol–water partition coefficient (Wildman–Crippen LogP) is 3.64. The number of carbonyl (C=O) groups is 1. The summed E-state index contributed by atoms with van der Waals surface area (Å²) in [7, 11) is 1.58. The molecule has 2 aromatic carbocycles. The highest BCUT2D eigenvalue weighted by molar-refractivity contribution is 5.91. The third-order valence-electron chi connectivity index (χ3n) is 2.84. The summed E-state index contributed by atoms with van der Waals surface area (Å²) in [6, 6.07) is 14.2. The van der Waals surface area contributed by atoms with Gasteiger partial charge in [0.25, 0.3) is 0 Å². The van der Waals surface area contributed by atoms with Crippen LogP contribution in [0.2, 0.25) is 0 Å². The van der Waals surface area contributed by atoms with Crippen LogP contribution in [0.4, 0.5) is 0 Å². The van der Waals surface area contributed by atoms with E-state index < -0.39 is 0 Å². The molecule has 2 rings (SSSR count). The molecule has 0 radical (unpaired) electrons. The van der Waals surface area contributed by atoms with Gasteiger partial charge in [0, 0.05) is 0 Å². The van der Waals surface area contributed by atoms with Gasteiger partial charge >= 0.3 is 5.97 Å². The molecule has 0 saturated heterocycles. The van der Waals surface area contributed by atoms with Crippen molar-refractivity contribution in [2.75, 3.05) is 7.11 Å². The summed E-state index contributed by atoms with van der Waals surface area (Å²) in [5, 5.41) is 0. The molecule has 0 fully saturated rings. The van der Waals surface area contributed by atoms with Gasteiger partial charge in [-0.1, -0.05) is 18.2 Å². The average Bonchev–Trinajstić information content (AvgIpc) is 2.49. The van der Waals surface area contributed by atoms with Gasteiger partial charge in [-0.05, 0) is 48.4 Å². The second-order valence-electron chi connectivity index (χ2n) is 4.25. The van der Waals surface area contributed by atoms with E-state index in [9.17, 15) is 4.79 Å². The van der Waals surface area contributed by atoms with Gasteiger partial charge < -0.3 is 9.47 Å². The summed E-state index contributed by atoms with van der Waals surface area (Å²) in [4.78, 5) is 11.9. The second-order valence-corrected chi connectivity index (χ2v) is 4.25. The number of benzene rings is 2. The normalized spacial score (nSPS) is 9.85. The van der Waals surface area contributed by atoms with E-state index in [4.69, 9.17) is 9.47 Å². The molecule has 0 heterocycles. The molecule has 0 unspecified atom stereocenters. The minimum Gasteiger partial charge on any atom is -0.497 e. The van der Waals surface area contributed by atoms with E-state index in [1.165, 1.54) is 0 Å². The minimum atomic E-state index is -0.385. The smallest absolute Gasteiger partial charge is 0.343 e. The highest BCUT2D eigenvalue weighted by atomic mass is 16.5. The van der Waals surface area contributed by atoms with Crippen molar-refractivity contribution >= 4 is 5.97 Å². The van der Waals surface area contributed by atoms with Gasteiger partial charge in [0.05, 0.1) is 12.7 Å². The zero-order valence-electron chi connectivity index (χ0n) is 11.3. The molecule has 0 amide bonds. The van der Waals surface area contributed by atoms with Crippen LogP contribution in [0.3, 0.4) is 0 Å². The van der Waals surface area contributed by atoms with Crippen LogP contribution < -0.4 is 9.47 Å². The van der Waals surface area contributed by atoms with Crippen LogP contribution in [0.15, 0.2) is 61.2 Å². The van der Waals surface area contributed by atoms with Crippen molar-refractivity contribution in [2.24, 2.45) is 0 Å². The van der Waals surface area contributed by atoms with Gasteiger partial charge in [-0.3, -0.25) is 0 Å². The molecule has 0 atom stereocenters. The summed E-state index contributed by atoms with van der Waals surface area (Å²) in [5.41, 5.74) is 1.62. The summed E-state index contributed by atoms with van der Waals surface area (Å²) >= 11 is 0. The highest BCUT2D eigenvalue weighted by Crippen LogP contribution is 2.16. The minimum absolute atomic E-state index is 0.385. The van der Waals surface area contributed by atoms with E-state index in [2.05, 4.69) is 6.58 Å². The molecule has 20 heavy (non-hydrogen) atoms. The Kier molecular flexibility index (Phi) is 4.56. The molecule has 0 aliphatic heterocycles. The van der Waals surface area contributed by atoms with Crippen molar-refractivity contribution < 1.29 is 14.3 Å². The predicted molar refractivity (Wildman–Crippen MR) is 78.3 cm³/mol. The zero-order chi connectivity index (χ0) is 14.4. The molecule has 102 valence electrons. The molecule has 2 aromatic rings. The van der Waals surface area contributed by atoms with Crippen molar-refractivity contribution in [2.45, 2.75) is 6.42 Å². The first kappa shape index (κ1) is 13.9. The summed E-state index contributed by atoms with van der Waals surface area (Å²) < 4.78 is 10.3. The Balaban J connectivity index is 2.04. The largest absolute Gasteiger partial charge is 0.497 e. The Morgan fingerprint density at radius 3 is 2.20 bits per heavy atom. The van der Waals surface area contributed by atoms with Gasteiger partial charge in [-0.2, -0.15) is 0 Å². The first-order valence-corrected chi connectivity index (χ1v) is 6.29. The fourth-order valence-corrected chi connectivity index (χ4v) is 1.75. The van der Waals surface area contributed by atoms with Crippen LogP contribution in [-0.2, 0) is 6.42 Å². The Morgan fingerprint density at radius 2 is 1.65 bits per heavy atom. The van der Waals surface area contributed by atoms with Crippen molar-refractivity contribution in [1.29, 1.82) is 0 Å². The number of allylic oxidation sites excluding steroid dienone is 1. The van der Waals surface area contributed by atoms with E-state index in [-0.39, 0.29) is 5.97 Å². The number of carbonyl (C=O) groups excluding carboxylic acids is 1. The van der Waals surface area contributed by atoms with Gasteiger partial charge in [0.15, 0.2) is 0 Å². The summed E-state index contributed by atoms with van der Waals surface area (Å²) in [6.45, 7) is 3.68. The maximum absolute atomic E-state index is 11.9. The van der Waals surface area contributed by atoms with Crippen LogP contribution in [0, 0.1) is 0 Å². The van der Waals surface area contributed by atoms with Gasteiger partial charge in [0.1, 0.15) is 11.5 Å². The summed E-state index contributed by atoms with van der Waals surface area (Å²) in [6.07, 6.45) is 2.63. The highest BCUT2D eigenvalue weighted by Gasteiger charge is 2.08. The van der Waals surface area contributed by atoms with Crippen LogP contribution in [0.25, 0.3) is 0 Å². The molecule has 3 heteroatoms. The fraction of sp³-hybridized carbons (Fsp3) is 0.118. The number of hydrogen-bond donors (Lipinski definition) is 0. The van der Waals surface area contributed by atoms with Gasteiger partial charge in [-0.25, -0.2) is 4.79 Å². The van der Waals surface area contributed by atoms with E-state index in [0.29, 0.717) is 17.1 Å². The molecule has 0 aliphatic rings. The van der Waals surface area contributed by atoms with Crippen molar-refractivity contribution in [3.63, 3.8) is 0 Å². The van der Waals surface area contributed by atoms with E-state index in [1.807, 2.05) is 18.2 Å². The van der Waals surface area contributed by atoms with Crippen LogP contribution in [-0.4, -0.2) is 13.1 Å². The molecule has 0 spiro atoms. The monoisotopic (exact) mass is 268 g/mol. The third-order valence-corrected chi connectivity index (χ3v) is 2.84. The molecular weight excluding hydrogens is 252 g/mol.